The number of nitrogens with one attached hydrogen (secondary N) is 1. The lowest BCUT2D eigenvalue weighted by Crippen LogP contribution is -2.46. The van der Waals surface area contributed by atoms with Crippen LogP contribution < -0.4 is 10.2 Å². The second-order valence-electron chi connectivity index (χ2n) is 9.59. The molecule has 1 saturated carbocycles. The van der Waals surface area contributed by atoms with Crippen LogP contribution in [0.3, 0.4) is 0 Å². The summed E-state index contributed by atoms with van der Waals surface area (Å²) in [5.74, 6) is -1.09. The molecule has 2 aliphatic rings. The van der Waals surface area contributed by atoms with E-state index in [2.05, 4.69) is 10.2 Å². The normalized spacial score (nSPS) is 16.9. The Bertz CT molecular complexity index is 1190. The van der Waals surface area contributed by atoms with Gasteiger partial charge in [0, 0.05) is 30.4 Å². The molecule has 1 aliphatic carbocycles. The van der Waals surface area contributed by atoms with Crippen LogP contribution in [0, 0.1) is 5.82 Å². The Morgan fingerprint density at radius 3 is 2.41 bits per heavy atom. The maximum absolute atomic E-state index is 14.7. The Hall–Kier alpha value is -3.65. The molecule has 37 heavy (non-hydrogen) atoms. The highest BCUT2D eigenvalue weighted by molar-refractivity contribution is 5.96. The van der Waals surface area contributed by atoms with Gasteiger partial charge in [-0.1, -0.05) is 43.2 Å². The van der Waals surface area contributed by atoms with Gasteiger partial charge in [0.25, 0.3) is 5.91 Å². The summed E-state index contributed by atoms with van der Waals surface area (Å²) in [6.07, 6.45) is 5.36. The van der Waals surface area contributed by atoms with E-state index in [-0.39, 0.29) is 24.3 Å². The topological polar surface area (TPSA) is 75.0 Å². The third kappa shape index (κ3) is 5.85. The first-order valence-electron chi connectivity index (χ1n) is 12.9. The molecule has 7 nitrogen and oxygen atoms in total. The number of halogens is 1. The average molecular weight is 506 g/mol. The Balaban J connectivity index is 1.51. The van der Waals surface area contributed by atoms with Gasteiger partial charge < -0.3 is 24.3 Å². The summed E-state index contributed by atoms with van der Waals surface area (Å²) in [5, 5.41) is 3.15. The van der Waals surface area contributed by atoms with Crippen molar-refractivity contribution in [3.63, 3.8) is 0 Å². The minimum atomic E-state index is -0.962. The monoisotopic (exact) mass is 505 g/mol. The molecule has 0 spiro atoms. The maximum Gasteiger partial charge on any atom is 0.290 e. The number of carbonyl (C=O) groups is 2. The number of carbonyl (C=O) groups excluding carboxylic acids is 2. The third-order valence-corrected chi connectivity index (χ3v) is 7.14. The number of hydrogen-bond acceptors (Lipinski definition) is 5. The second-order valence-corrected chi connectivity index (χ2v) is 9.59. The van der Waals surface area contributed by atoms with Crippen molar-refractivity contribution in [1.82, 2.24) is 10.2 Å². The van der Waals surface area contributed by atoms with Gasteiger partial charge in [-0.15, -0.1) is 0 Å². The molecule has 5 rings (SSSR count). The molecular weight excluding hydrogens is 473 g/mol. The molecule has 1 aliphatic heterocycles. The summed E-state index contributed by atoms with van der Waals surface area (Å²) in [6.45, 7) is 2.84. The molecular formula is C29H32FN3O4. The van der Waals surface area contributed by atoms with E-state index in [1.54, 1.807) is 30.3 Å². The molecule has 2 heterocycles. The molecule has 0 bridgehead atoms. The smallest absolute Gasteiger partial charge is 0.290 e. The standard InChI is InChI=1S/C29H32FN3O4/c30-25-9-4-1-6-22(25)20-33(29(35)26-10-5-17-37-26)27(28(34)31-23-7-2-3-8-23)21-11-13-24(14-12-21)32-15-18-36-19-16-32/h1,4-6,9-14,17,23,27H,2-3,7-8,15-16,18-20H2,(H,31,34)/t27-/m1/s1. The summed E-state index contributed by atoms with van der Waals surface area (Å²) in [7, 11) is 0. The van der Waals surface area contributed by atoms with Gasteiger partial charge in [0.15, 0.2) is 5.76 Å². The van der Waals surface area contributed by atoms with Gasteiger partial charge in [-0.05, 0) is 48.7 Å². The number of anilines is 1. The summed E-state index contributed by atoms with van der Waals surface area (Å²) >= 11 is 0. The van der Waals surface area contributed by atoms with Crippen molar-refractivity contribution in [2.45, 2.75) is 44.3 Å². The van der Waals surface area contributed by atoms with Crippen molar-refractivity contribution in [2.75, 3.05) is 31.2 Å². The lowest BCUT2D eigenvalue weighted by atomic mass is 10.0. The zero-order chi connectivity index (χ0) is 25.6. The Kier molecular flexibility index (Phi) is 7.84. The molecule has 8 heteroatoms. The minimum absolute atomic E-state index is 0.0663. The van der Waals surface area contributed by atoms with Crippen molar-refractivity contribution in [3.05, 3.63) is 89.6 Å². The fourth-order valence-electron chi connectivity index (χ4n) is 5.14. The van der Waals surface area contributed by atoms with E-state index in [1.165, 1.54) is 17.2 Å². The second kappa shape index (κ2) is 11.6. The first-order valence-corrected chi connectivity index (χ1v) is 12.9. The van der Waals surface area contributed by atoms with Crippen LogP contribution in [0.2, 0.25) is 0 Å². The van der Waals surface area contributed by atoms with Gasteiger partial charge in [-0.3, -0.25) is 9.59 Å². The van der Waals surface area contributed by atoms with E-state index >= 15 is 0 Å². The molecule has 1 N–H and O–H groups in total. The van der Waals surface area contributed by atoms with Crippen LogP contribution in [0.1, 0.15) is 53.4 Å². The van der Waals surface area contributed by atoms with Crippen molar-refractivity contribution >= 4 is 17.5 Å². The van der Waals surface area contributed by atoms with Crippen LogP contribution >= 0.6 is 0 Å². The van der Waals surface area contributed by atoms with Crippen molar-refractivity contribution in [1.29, 1.82) is 0 Å². The third-order valence-electron chi connectivity index (χ3n) is 7.14. The van der Waals surface area contributed by atoms with Gasteiger partial charge in [0.1, 0.15) is 11.9 Å². The van der Waals surface area contributed by atoms with E-state index in [1.807, 2.05) is 24.3 Å². The molecule has 1 atom stereocenters. The van der Waals surface area contributed by atoms with Gasteiger partial charge in [0.2, 0.25) is 5.91 Å². The number of hydrogen-bond donors (Lipinski definition) is 1. The lowest BCUT2D eigenvalue weighted by Gasteiger charge is -2.33. The number of amides is 2. The molecule has 2 fully saturated rings. The van der Waals surface area contributed by atoms with Crippen LogP contribution in [0.4, 0.5) is 10.1 Å². The summed E-state index contributed by atoms with van der Waals surface area (Å²) < 4.78 is 25.6. The highest BCUT2D eigenvalue weighted by Crippen LogP contribution is 2.30. The first kappa shape index (κ1) is 25.0. The van der Waals surface area contributed by atoms with Crippen LogP contribution in [0.25, 0.3) is 0 Å². The van der Waals surface area contributed by atoms with E-state index in [9.17, 15) is 14.0 Å². The molecule has 0 radical (unpaired) electrons. The lowest BCUT2D eigenvalue weighted by molar-refractivity contribution is -0.126. The van der Waals surface area contributed by atoms with Crippen LogP contribution in [-0.2, 0) is 16.1 Å². The quantitative estimate of drug-likeness (QED) is 0.481. The molecule has 1 saturated heterocycles. The first-order chi connectivity index (χ1) is 18.1. The van der Waals surface area contributed by atoms with Crippen LogP contribution in [0.5, 0.6) is 0 Å². The highest BCUT2D eigenvalue weighted by atomic mass is 19.1. The van der Waals surface area contributed by atoms with E-state index in [4.69, 9.17) is 9.15 Å². The van der Waals surface area contributed by atoms with Crippen molar-refractivity contribution in [2.24, 2.45) is 0 Å². The Labute approximate surface area is 216 Å². The number of benzene rings is 2. The van der Waals surface area contributed by atoms with E-state index < -0.39 is 17.8 Å². The number of nitrogens with zero attached hydrogens (tertiary/aromatic N) is 2. The molecule has 194 valence electrons. The zero-order valence-electron chi connectivity index (χ0n) is 20.8. The van der Waals surface area contributed by atoms with Gasteiger partial charge in [0.05, 0.1) is 26.0 Å². The Morgan fingerprint density at radius 1 is 1.00 bits per heavy atom. The summed E-state index contributed by atoms with van der Waals surface area (Å²) in [4.78, 5) is 31.2. The van der Waals surface area contributed by atoms with Gasteiger partial charge in [-0.2, -0.15) is 0 Å². The predicted molar refractivity (Wildman–Crippen MR) is 138 cm³/mol. The molecule has 0 unspecified atom stereocenters. The molecule has 2 aromatic carbocycles. The zero-order valence-corrected chi connectivity index (χ0v) is 20.8. The van der Waals surface area contributed by atoms with Crippen molar-refractivity contribution < 1.29 is 23.1 Å². The van der Waals surface area contributed by atoms with Crippen molar-refractivity contribution in [3.8, 4) is 0 Å². The SMILES string of the molecule is O=C(NC1CCCC1)[C@@H](c1ccc(N2CCOCC2)cc1)N(Cc1ccccc1F)C(=O)c1ccco1. The number of ether oxygens (including phenoxy) is 1. The average Bonchev–Trinajstić information content (AvgIpc) is 3.65. The fourth-order valence-corrected chi connectivity index (χ4v) is 5.14. The van der Waals surface area contributed by atoms with Gasteiger partial charge >= 0.3 is 0 Å². The van der Waals surface area contributed by atoms with Gasteiger partial charge in [-0.25, -0.2) is 4.39 Å². The van der Waals surface area contributed by atoms with Crippen LogP contribution in [-0.4, -0.2) is 49.1 Å². The number of furan rings is 1. The number of morpholine rings is 1. The summed E-state index contributed by atoms with van der Waals surface area (Å²) in [6, 6.07) is 16.3. The molecule has 1 aromatic heterocycles. The largest absolute Gasteiger partial charge is 0.459 e. The number of rotatable bonds is 8. The van der Waals surface area contributed by atoms with Crippen LogP contribution in [0.15, 0.2) is 71.3 Å². The molecule has 3 aromatic rings. The predicted octanol–water partition coefficient (Wildman–Crippen LogP) is 4.70. The fraction of sp³-hybridized carbons (Fsp3) is 0.379. The minimum Gasteiger partial charge on any atom is -0.459 e. The summed E-state index contributed by atoms with van der Waals surface area (Å²) in [5.41, 5.74) is 2.01. The van der Waals surface area contributed by atoms with E-state index in [0.29, 0.717) is 24.3 Å². The molecule has 2 amide bonds. The van der Waals surface area contributed by atoms with E-state index in [0.717, 1.165) is 44.5 Å². The maximum atomic E-state index is 14.7. The highest BCUT2D eigenvalue weighted by Gasteiger charge is 2.35. The Morgan fingerprint density at radius 2 is 1.73 bits per heavy atom.